The van der Waals surface area contributed by atoms with Gasteiger partial charge in [0.15, 0.2) is 0 Å². The largest absolute Gasteiger partial charge is 0.508 e. The molecule has 1 heterocycles. The standard InChI is InChI=1S/C16H14O4/c1-18-13-5-11(6-14(9-13)19-2)15-7-10-3-4-12(17)8-16(10)20-15/h3-9,17H,1-2H3. The zero-order valence-corrected chi connectivity index (χ0v) is 11.2. The number of benzene rings is 2. The summed E-state index contributed by atoms with van der Waals surface area (Å²) in [6.07, 6.45) is 0. The van der Waals surface area contributed by atoms with Crippen molar-refractivity contribution in [3.8, 4) is 28.6 Å². The molecule has 0 fully saturated rings. The van der Waals surface area contributed by atoms with E-state index in [2.05, 4.69) is 0 Å². The molecule has 0 aliphatic rings. The van der Waals surface area contributed by atoms with Gasteiger partial charge in [0.05, 0.1) is 14.2 Å². The monoisotopic (exact) mass is 270 g/mol. The fourth-order valence-electron chi connectivity index (χ4n) is 2.11. The molecule has 0 radical (unpaired) electrons. The lowest BCUT2D eigenvalue weighted by Gasteiger charge is -2.06. The average molecular weight is 270 g/mol. The van der Waals surface area contributed by atoms with Crippen molar-refractivity contribution in [3.63, 3.8) is 0 Å². The first-order valence-corrected chi connectivity index (χ1v) is 6.15. The van der Waals surface area contributed by atoms with Gasteiger partial charge < -0.3 is 19.0 Å². The average Bonchev–Trinajstić information content (AvgIpc) is 2.89. The Kier molecular flexibility index (Phi) is 2.99. The third kappa shape index (κ3) is 2.16. The van der Waals surface area contributed by atoms with Gasteiger partial charge in [-0.3, -0.25) is 0 Å². The number of rotatable bonds is 3. The Bertz CT molecular complexity index is 736. The number of hydrogen-bond acceptors (Lipinski definition) is 4. The SMILES string of the molecule is COc1cc(OC)cc(-c2cc3ccc(O)cc3o2)c1. The minimum absolute atomic E-state index is 0.182. The summed E-state index contributed by atoms with van der Waals surface area (Å²) in [6.45, 7) is 0. The molecule has 0 spiro atoms. The van der Waals surface area contributed by atoms with E-state index in [-0.39, 0.29) is 5.75 Å². The summed E-state index contributed by atoms with van der Waals surface area (Å²) in [7, 11) is 3.21. The number of hydrogen-bond donors (Lipinski definition) is 1. The first-order chi connectivity index (χ1) is 9.69. The lowest BCUT2D eigenvalue weighted by molar-refractivity contribution is 0.394. The summed E-state index contributed by atoms with van der Waals surface area (Å²) < 4.78 is 16.3. The van der Waals surface area contributed by atoms with Crippen molar-refractivity contribution >= 4 is 11.0 Å². The maximum atomic E-state index is 9.47. The summed E-state index contributed by atoms with van der Waals surface area (Å²) in [5.74, 6) is 2.27. The molecule has 0 saturated heterocycles. The molecule has 0 saturated carbocycles. The number of phenolic OH excluding ortho intramolecular Hbond substituents is 1. The van der Waals surface area contributed by atoms with Crippen LogP contribution in [0.15, 0.2) is 46.9 Å². The topological polar surface area (TPSA) is 51.8 Å². The molecule has 4 nitrogen and oxygen atoms in total. The minimum Gasteiger partial charge on any atom is -0.508 e. The van der Waals surface area contributed by atoms with Crippen LogP contribution in [0.2, 0.25) is 0 Å². The highest BCUT2D eigenvalue weighted by Gasteiger charge is 2.10. The van der Waals surface area contributed by atoms with E-state index in [0.717, 1.165) is 10.9 Å². The quantitative estimate of drug-likeness (QED) is 0.786. The van der Waals surface area contributed by atoms with Crippen LogP contribution < -0.4 is 9.47 Å². The zero-order valence-electron chi connectivity index (χ0n) is 11.2. The zero-order chi connectivity index (χ0) is 14.1. The Morgan fingerprint density at radius 1 is 0.900 bits per heavy atom. The molecule has 3 aromatic rings. The maximum Gasteiger partial charge on any atom is 0.138 e. The second-order valence-corrected chi connectivity index (χ2v) is 4.43. The second-order valence-electron chi connectivity index (χ2n) is 4.43. The van der Waals surface area contributed by atoms with Gasteiger partial charge in [0.2, 0.25) is 0 Å². The number of fused-ring (bicyclic) bond motifs is 1. The Hall–Kier alpha value is -2.62. The van der Waals surface area contributed by atoms with E-state index in [9.17, 15) is 5.11 Å². The first kappa shape index (κ1) is 12.4. The van der Waals surface area contributed by atoms with Crippen LogP contribution in [0.25, 0.3) is 22.3 Å². The summed E-state index contributed by atoms with van der Waals surface area (Å²) in [5, 5.41) is 10.4. The molecule has 0 amide bonds. The van der Waals surface area contributed by atoms with Crippen LogP contribution in [0.4, 0.5) is 0 Å². The number of furan rings is 1. The normalized spacial score (nSPS) is 10.7. The van der Waals surface area contributed by atoms with Gasteiger partial charge in [0, 0.05) is 23.1 Å². The highest BCUT2D eigenvalue weighted by molar-refractivity contribution is 5.84. The number of phenols is 1. The summed E-state index contributed by atoms with van der Waals surface area (Å²) in [4.78, 5) is 0. The van der Waals surface area contributed by atoms with Crippen molar-refractivity contribution in [2.45, 2.75) is 0 Å². The van der Waals surface area contributed by atoms with Gasteiger partial charge in [-0.1, -0.05) is 0 Å². The molecule has 0 bridgehead atoms. The van der Waals surface area contributed by atoms with E-state index in [0.29, 0.717) is 22.8 Å². The molecular formula is C16H14O4. The number of methoxy groups -OCH3 is 2. The molecule has 0 atom stereocenters. The molecule has 4 heteroatoms. The second kappa shape index (κ2) is 4.81. The Morgan fingerprint density at radius 2 is 1.60 bits per heavy atom. The predicted octanol–water partition coefficient (Wildman–Crippen LogP) is 3.82. The van der Waals surface area contributed by atoms with Gasteiger partial charge >= 0.3 is 0 Å². The fraction of sp³-hybridized carbons (Fsp3) is 0.125. The first-order valence-electron chi connectivity index (χ1n) is 6.15. The molecule has 2 aromatic carbocycles. The van der Waals surface area contributed by atoms with E-state index >= 15 is 0 Å². The third-order valence-corrected chi connectivity index (χ3v) is 3.14. The van der Waals surface area contributed by atoms with Crippen molar-refractivity contribution in [2.24, 2.45) is 0 Å². The van der Waals surface area contributed by atoms with Gasteiger partial charge in [-0.25, -0.2) is 0 Å². The highest BCUT2D eigenvalue weighted by atomic mass is 16.5. The van der Waals surface area contributed by atoms with Crippen molar-refractivity contribution in [1.82, 2.24) is 0 Å². The molecule has 102 valence electrons. The Labute approximate surface area is 116 Å². The Balaban J connectivity index is 2.14. The van der Waals surface area contributed by atoms with Gasteiger partial charge in [-0.15, -0.1) is 0 Å². The molecule has 1 aromatic heterocycles. The number of aromatic hydroxyl groups is 1. The summed E-state index contributed by atoms with van der Waals surface area (Å²) >= 11 is 0. The smallest absolute Gasteiger partial charge is 0.138 e. The molecular weight excluding hydrogens is 256 g/mol. The van der Waals surface area contributed by atoms with Crippen LogP contribution >= 0.6 is 0 Å². The van der Waals surface area contributed by atoms with E-state index in [1.807, 2.05) is 24.3 Å². The molecule has 20 heavy (non-hydrogen) atoms. The van der Waals surface area contributed by atoms with Gasteiger partial charge in [-0.05, 0) is 30.3 Å². The van der Waals surface area contributed by atoms with Crippen LogP contribution in [0.1, 0.15) is 0 Å². The van der Waals surface area contributed by atoms with Crippen molar-refractivity contribution in [2.75, 3.05) is 14.2 Å². The molecule has 0 unspecified atom stereocenters. The Morgan fingerprint density at radius 3 is 2.25 bits per heavy atom. The molecule has 0 aliphatic carbocycles. The molecule has 0 aliphatic heterocycles. The lowest BCUT2D eigenvalue weighted by atomic mass is 10.1. The van der Waals surface area contributed by atoms with Gasteiger partial charge in [0.1, 0.15) is 28.6 Å². The third-order valence-electron chi connectivity index (χ3n) is 3.14. The van der Waals surface area contributed by atoms with Crippen molar-refractivity contribution in [1.29, 1.82) is 0 Å². The van der Waals surface area contributed by atoms with Gasteiger partial charge in [-0.2, -0.15) is 0 Å². The highest BCUT2D eigenvalue weighted by Crippen LogP contribution is 2.34. The van der Waals surface area contributed by atoms with Gasteiger partial charge in [0.25, 0.3) is 0 Å². The van der Waals surface area contributed by atoms with Crippen LogP contribution in [-0.4, -0.2) is 19.3 Å². The minimum atomic E-state index is 0.182. The molecule has 3 rings (SSSR count). The van der Waals surface area contributed by atoms with Crippen LogP contribution in [-0.2, 0) is 0 Å². The van der Waals surface area contributed by atoms with Crippen LogP contribution in [0.3, 0.4) is 0 Å². The van der Waals surface area contributed by atoms with E-state index < -0.39 is 0 Å². The number of ether oxygens (including phenoxy) is 2. The lowest BCUT2D eigenvalue weighted by Crippen LogP contribution is -1.88. The summed E-state index contributed by atoms with van der Waals surface area (Å²) in [5.41, 5.74) is 1.50. The predicted molar refractivity (Wildman–Crippen MR) is 76.4 cm³/mol. The van der Waals surface area contributed by atoms with Crippen molar-refractivity contribution in [3.05, 3.63) is 42.5 Å². The van der Waals surface area contributed by atoms with Crippen molar-refractivity contribution < 1.29 is 19.0 Å². The van der Waals surface area contributed by atoms with E-state index in [1.54, 1.807) is 32.4 Å². The summed E-state index contributed by atoms with van der Waals surface area (Å²) in [6, 6.07) is 12.5. The fourth-order valence-corrected chi connectivity index (χ4v) is 2.11. The van der Waals surface area contributed by atoms with Crippen LogP contribution in [0.5, 0.6) is 17.2 Å². The van der Waals surface area contributed by atoms with E-state index in [1.165, 1.54) is 0 Å². The maximum absolute atomic E-state index is 9.47. The van der Waals surface area contributed by atoms with Crippen LogP contribution in [0, 0.1) is 0 Å². The van der Waals surface area contributed by atoms with E-state index in [4.69, 9.17) is 13.9 Å². The molecule has 1 N–H and O–H groups in total.